The topological polar surface area (TPSA) is 0 Å². The van der Waals surface area contributed by atoms with Crippen LogP contribution in [0, 0.1) is 13.8 Å². The van der Waals surface area contributed by atoms with Crippen LogP contribution in [0.5, 0.6) is 0 Å². The fourth-order valence-electron chi connectivity index (χ4n) is 2.45. The molecule has 0 aliphatic heterocycles. The molecule has 1 unspecified atom stereocenters. The highest BCUT2D eigenvalue weighted by Crippen LogP contribution is 2.15. The van der Waals surface area contributed by atoms with Crippen LogP contribution in [-0.2, 0) is 0 Å². The molecule has 88 valence electrons. The third kappa shape index (κ3) is 2.31. The average Bonchev–Trinajstić information content (AvgIpc) is 2.29. The highest BCUT2D eigenvalue weighted by Gasteiger charge is 2.32. The molecule has 0 aliphatic carbocycles. The maximum atomic E-state index is 6.94. The molecule has 0 aromatic heterocycles. The molecule has 0 spiro atoms. The van der Waals surface area contributed by atoms with Crippen LogP contribution in [-0.4, -0.2) is 7.38 Å². The number of benzene rings is 2. The van der Waals surface area contributed by atoms with Gasteiger partial charge in [-0.15, -0.1) is 0 Å². The number of hydrogen-bond acceptors (Lipinski definition) is 0. The monoisotopic (exact) mass is 260 g/mol. The molecule has 0 amide bonds. The molecule has 0 nitrogen and oxygen atoms in total. The molecule has 2 aromatic carbocycles. The van der Waals surface area contributed by atoms with E-state index in [0.29, 0.717) is 0 Å². The van der Waals surface area contributed by atoms with E-state index < -0.39 is 7.38 Å². The van der Waals surface area contributed by atoms with Gasteiger partial charge in [0.15, 0.2) is 0 Å². The molecule has 0 bridgehead atoms. The summed E-state index contributed by atoms with van der Waals surface area (Å²) in [6, 6.07) is 16.9. The van der Waals surface area contributed by atoms with Crippen molar-refractivity contribution in [1.29, 1.82) is 0 Å². The molecule has 2 aromatic rings. The molecule has 17 heavy (non-hydrogen) atoms. The van der Waals surface area contributed by atoms with Gasteiger partial charge in [-0.3, -0.25) is 0 Å². The quantitative estimate of drug-likeness (QED) is 0.575. The zero-order chi connectivity index (χ0) is 12.5. The van der Waals surface area contributed by atoms with Gasteiger partial charge < -0.3 is 0 Å². The van der Waals surface area contributed by atoms with Gasteiger partial charge in [0.1, 0.15) is 0 Å². The van der Waals surface area contributed by atoms with Crippen molar-refractivity contribution < 1.29 is 0 Å². The number of aryl methyl sites for hydroxylation is 2. The fraction of sp³-hybridized carbons (Fsp3) is 0.200. The van der Waals surface area contributed by atoms with Gasteiger partial charge in [-0.05, 0) is 30.8 Å². The van der Waals surface area contributed by atoms with E-state index in [0.717, 1.165) is 0 Å². The van der Waals surface area contributed by atoms with E-state index in [2.05, 4.69) is 62.9 Å². The molecule has 0 N–H and O–H groups in total. The van der Waals surface area contributed by atoms with Gasteiger partial charge >= 0.3 is 0 Å². The molecule has 2 heteroatoms. The predicted molar refractivity (Wildman–Crippen MR) is 79.1 cm³/mol. The van der Waals surface area contributed by atoms with Crippen molar-refractivity contribution in [3.8, 4) is 0 Å². The third-order valence-electron chi connectivity index (χ3n) is 3.27. The Hall–Kier alpha value is -1.05. The lowest BCUT2D eigenvalue weighted by Gasteiger charge is -2.24. The Morgan fingerprint density at radius 3 is 1.88 bits per heavy atom. The smallest absolute Gasteiger partial charge is 0.155 e. The molecule has 0 radical (unpaired) electrons. The molecular formula is C15H17ClSi. The summed E-state index contributed by atoms with van der Waals surface area (Å²) < 4.78 is 0. The van der Waals surface area contributed by atoms with Crippen LogP contribution < -0.4 is 10.4 Å². The number of halogens is 1. The molecular weight excluding hydrogens is 244 g/mol. The van der Waals surface area contributed by atoms with E-state index in [1.807, 2.05) is 6.07 Å². The summed E-state index contributed by atoms with van der Waals surface area (Å²) in [4.78, 5) is 0. The first-order chi connectivity index (χ1) is 8.03. The first-order valence-electron chi connectivity index (χ1n) is 5.84. The van der Waals surface area contributed by atoms with Crippen molar-refractivity contribution in [2.75, 3.05) is 0 Å². The fourth-order valence-corrected chi connectivity index (χ4v) is 6.48. The third-order valence-corrected chi connectivity index (χ3v) is 7.63. The standard InChI is InChI=1S/C15H17ClSi/c1-12-8-7-9-13(2)15(12)17(3,16)14-10-5-4-6-11-14/h4-11H,1-3H3. The van der Waals surface area contributed by atoms with Gasteiger partial charge in [0.2, 0.25) is 7.38 Å². The zero-order valence-electron chi connectivity index (χ0n) is 10.5. The van der Waals surface area contributed by atoms with Gasteiger partial charge in [-0.2, -0.15) is 11.1 Å². The number of rotatable bonds is 2. The van der Waals surface area contributed by atoms with E-state index in [4.69, 9.17) is 11.1 Å². The maximum absolute atomic E-state index is 6.94. The predicted octanol–water partition coefficient (Wildman–Crippen LogP) is 3.23. The SMILES string of the molecule is Cc1cccc(C)c1[Si](C)(Cl)c1ccccc1. The van der Waals surface area contributed by atoms with Gasteiger partial charge in [-0.25, -0.2) is 0 Å². The van der Waals surface area contributed by atoms with E-state index in [1.54, 1.807) is 0 Å². The molecule has 0 heterocycles. The van der Waals surface area contributed by atoms with Crippen molar-refractivity contribution in [3.63, 3.8) is 0 Å². The van der Waals surface area contributed by atoms with Crippen LogP contribution in [0.1, 0.15) is 11.1 Å². The Morgan fingerprint density at radius 2 is 1.35 bits per heavy atom. The Kier molecular flexibility index (Phi) is 3.41. The first-order valence-corrected chi connectivity index (χ1v) is 9.36. The summed E-state index contributed by atoms with van der Waals surface area (Å²) >= 11 is 6.94. The van der Waals surface area contributed by atoms with Crippen LogP contribution >= 0.6 is 11.1 Å². The Balaban J connectivity index is 2.60. The summed E-state index contributed by atoms with van der Waals surface area (Å²) in [5.41, 5.74) is 2.61. The van der Waals surface area contributed by atoms with E-state index in [9.17, 15) is 0 Å². The Bertz CT molecular complexity index is 497. The van der Waals surface area contributed by atoms with Crippen LogP contribution in [0.25, 0.3) is 0 Å². The summed E-state index contributed by atoms with van der Waals surface area (Å²) in [6.07, 6.45) is 0. The van der Waals surface area contributed by atoms with Crippen LogP contribution in [0.3, 0.4) is 0 Å². The zero-order valence-corrected chi connectivity index (χ0v) is 12.3. The average molecular weight is 261 g/mol. The second-order valence-electron chi connectivity index (χ2n) is 4.64. The van der Waals surface area contributed by atoms with Gasteiger partial charge in [0.05, 0.1) is 0 Å². The largest absolute Gasteiger partial charge is 0.214 e. The van der Waals surface area contributed by atoms with E-state index >= 15 is 0 Å². The lowest BCUT2D eigenvalue weighted by atomic mass is 10.2. The van der Waals surface area contributed by atoms with Crippen LogP contribution in [0.2, 0.25) is 6.55 Å². The lowest BCUT2D eigenvalue weighted by molar-refractivity contribution is 1.42. The summed E-state index contributed by atoms with van der Waals surface area (Å²) in [5, 5.41) is 2.63. The summed E-state index contributed by atoms with van der Waals surface area (Å²) in [7, 11) is -2.07. The highest BCUT2D eigenvalue weighted by molar-refractivity contribution is 7.33. The van der Waals surface area contributed by atoms with Crippen LogP contribution in [0.15, 0.2) is 48.5 Å². The van der Waals surface area contributed by atoms with Crippen molar-refractivity contribution in [2.24, 2.45) is 0 Å². The van der Waals surface area contributed by atoms with Crippen molar-refractivity contribution in [2.45, 2.75) is 20.4 Å². The molecule has 0 saturated heterocycles. The van der Waals surface area contributed by atoms with Crippen molar-refractivity contribution in [3.05, 3.63) is 59.7 Å². The van der Waals surface area contributed by atoms with Gasteiger partial charge in [0, 0.05) is 0 Å². The molecule has 2 rings (SSSR count). The maximum Gasteiger partial charge on any atom is 0.214 e. The number of hydrogen-bond donors (Lipinski definition) is 0. The van der Waals surface area contributed by atoms with Crippen molar-refractivity contribution >= 4 is 28.8 Å². The first kappa shape index (κ1) is 12.4. The van der Waals surface area contributed by atoms with Gasteiger partial charge in [-0.1, -0.05) is 59.7 Å². The second-order valence-corrected chi connectivity index (χ2v) is 9.99. The van der Waals surface area contributed by atoms with Gasteiger partial charge in [0.25, 0.3) is 0 Å². The molecule has 0 fully saturated rings. The highest BCUT2D eigenvalue weighted by atomic mass is 35.6. The minimum Gasteiger partial charge on any atom is -0.155 e. The normalized spacial score (nSPS) is 14.4. The molecule has 0 aliphatic rings. The minimum absolute atomic E-state index is 1.28. The van der Waals surface area contributed by atoms with E-state index in [-0.39, 0.29) is 0 Å². The Labute approximate surface area is 109 Å². The Morgan fingerprint density at radius 1 is 0.824 bits per heavy atom. The molecule has 0 saturated carbocycles. The summed E-state index contributed by atoms with van der Waals surface area (Å²) in [6.45, 7) is 6.51. The van der Waals surface area contributed by atoms with E-state index in [1.165, 1.54) is 21.5 Å². The van der Waals surface area contributed by atoms with Crippen LogP contribution in [0.4, 0.5) is 0 Å². The summed E-state index contributed by atoms with van der Waals surface area (Å²) in [5.74, 6) is 0. The second kappa shape index (κ2) is 4.67. The van der Waals surface area contributed by atoms with Crippen molar-refractivity contribution in [1.82, 2.24) is 0 Å². The minimum atomic E-state index is -2.07. The molecule has 1 atom stereocenters. The lowest BCUT2D eigenvalue weighted by Crippen LogP contribution is -2.52.